The molecule has 0 fully saturated rings. The van der Waals surface area contributed by atoms with E-state index in [9.17, 15) is 18.8 Å². The zero-order valence-corrected chi connectivity index (χ0v) is 15.3. The summed E-state index contributed by atoms with van der Waals surface area (Å²) in [5, 5.41) is 2.56. The summed E-state index contributed by atoms with van der Waals surface area (Å²) in [6, 6.07) is 11.5. The Morgan fingerprint density at radius 3 is 2.86 bits per heavy atom. The molecule has 2 aromatic carbocycles. The molecule has 0 saturated carbocycles. The molecule has 0 bridgehead atoms. The van der Waals surface area contributed by atoms with Gasteiger partial charge < -0.3 is 15.0 Å². The van der Waals surface area contributed by atoms with Gasteiger partial charge in [-0.05, 0) is 42.7 Å². The van der Waals surface area contributed by atoms with Gasteiger partial charge in [0.05, 0.1) is 5.92 Å². The summed E-state index contributed by atoms with van der Waals surface area (Å²) >= 11 is 0. The number of nitrogens with zero attached hydrogens (tertiary/aromatic N) is 1. The number of halogens is 1. The number of rotatable bonds is 3. The highest BCUT2D eigenvalue weighted by molar-refractivity contribution is 6.02. The van der Waals surface area contributed by atoms with Gasteiger partial charge in [0.25, 0.3) is 5.91 Å². The molecule has 2 heterocycles. The maximum absolute atomic E-state index is 13.4. The van der Waals surface area contributed by atoms with Crippen LogP contribution in [0.3, 0.4) is 0 Å². The minimum Gasteiger partial charge on any atom is -0.452 e. The van der Waals surface area contributed by atoms with E-state index in [1.807, 2.05) is 24.3 Å². The summed E-state index contributed by atoms with van der Waals surface area (Å²) in [5.74, 6) is -2.75. The fourth-order valence-corrected chi connectivity index (χ4v) is 3.74. The molecule has 6 nitrogen and oxygen atoms in total. The van der Waals surface area contributed by atoms with Crippen molar-refractivity contribution in [3.8, 4) is 0 Å². The summed E-state index contributed by atoms with van der Waals surface area (Å²) in [6.45, 7) is 2.06. The first kappa shape index (κ1) is 18.2. The molecular weight excluding hydrogens is 363 g/mol. The van der Waals surface area contributed by atoms with E-state index < -0.39 is 29.7 Å². The van der Waals surface area contributed by atoms with Crippen LogP contribution in [-0.4, -0.2) is 30.4 Å². The molecule has 2 amide bonds. The van der Waals surface area contributed by atoms with Crippen molar-refractivity contribution >= 4 is 29.2 Å². The molecule has 0 saturated heterocycles. The largest absolute Gasteiger partial charge is 0.452 e. The second-order valence-electron chi connectivity index (χ2n) is 6.98. The van der Waals surface area contributed by atoms with E-state index >= 15 is 0 Å². The number of nitrogens with one attached hydrogen (secondary N) is 1. The zero-order chi connectivity index (χ0) is 19.8. The number of hydrogen-bond donors (Lipinski definition) is 1. The van der Waals surface area contributed by atoms with Gasteiger partial charge in [-0.1, -0.05) is 24.3 Å². The minimum atomic E-state index is -0.993. The highest BCUT2D eigenvalue weighted by atomic mass is 19.1. The number of fused-ring (bicyclic) bond motifs is 2. The van der Waals surface area contributed by atoms with Gasteiger partial charge in [0.15, 0.2) is 6.10 Å². The van der Waals surface area contributed by atoms with Crippen LogP contribution in [0, 0.1) is 5.82 Å². The average molecular weight is 382 g/mol. The Morgan fingerprint density at radius 1 is 1.25 bits per heavy atom. The van der Waals surface area contributed by atoms with Gasteiger partial charge in [-0.25, -0.2) is 4.39 Å². The summed E-state index contributed by atoms with van der Waals surface area (Å²) in [6.07, 6.45) is -0.345. The van der Waals surface area contributed by atoms with Crippen LogP contribution in [0.25, 0.3) is 0 Å². The second kappa shape index (κ2) is 7.07. The standard InChI is InChI=1S/C21H19FN2O4/c1-12(20(26)24-9-8-13-4-2-3-5-18(13)24)28-21(27)16-11-19(25)23-17-10-14(22)6-7-15(16)17/h2-7,10,12,16H,8-9,11H2,1H3,(H,23,25)/t12-,16-/m1/s1. The number of para-hydroxylation sites is 1. The molecule has 7 heteroatoms. The molecule has 0 aromatic heterocycles. The first-order valence-electron chi connectivity index (χ1n) is 9.13. The number of anilines is 2. The molecule has 2 aliphatic heterocycles. The van der Waals surface area contributed by atoms with Crippen LogP contribution < -0.4 is 10.2 Å². The molecule has 0 unspecified atom stereocenters. The highest BCUT2D eigenvalue weighted by Gasteiger charge is 2.35. The van der Waals surface area contributed by atoms with Crippen molar-refractivity contribution in [1.29, 1.82) is 0 Å². The molecule has 28 heavy (non-hydrogen) atoms. The van der Waals surface area contributed by atoms with Gasteiger partial charge in [0.1, 0.15) is 5.82 Å². The van der Waals surface area contributed by atoms with Crippen molar-refractivity contribution in [2.45, 2.75) is 31.8 Å². The van der Waals surface area contributed by atoms with Gasteiger partial charge >= 0.3 is 5.97 Å². The Morgan fingerprint density at radius 2 is 2.04 bits per heavy atom. The van der Waals surface area contributed by atoms with Crippen molar-refractivity contribution < 1.29 is 23.5 Å². The smallest absolute Gasteiger partial charge is 0.314 e. The number of carbonyl (C=O) groups excluding carboxylic acids is 3. The SMILES string of the molecule is C[C@@H](OC(=O)[C@@H]1CC(=O)Nc2cc(F)ccc21)C(=O)N1CCc2ccccc21. The van der Waals surface area contributed by atoms with Crippen LogP contribution in [0.15, 0.2) is 42.5 Å². The quantitative estimate of drug-likeness (QED) is 0.829. The molecular formula is C21H19FN2O4. The van der Waals surface area contributed by atoms with Gasteiger partial charge in [0, 0.05) is 24.3 Å². The Labute approximate surface area is 161 Å². The van der Waals surface area contributed by atoms with Crippen molar-refractivity contribution in [3.63, 3.8) is 0 Å². The van der Waals surface area contributed by atoms with E-state index in [0.29, 0.717) is 12.1 Å². The van der Waals surface area contributed by atoms with E-state index in [0.717, 1.165) is 17.7 Å². The Bertz CT molecular complexity index is 975. The minimum absolute atomic E-state index is 0.106. The van der Waals surface area contributed by atoms with E-state index in [2.05, 4.69) is 5.32 Å². The molecule has 0 aliphatic carbocycles. The third-order valence-electron chi connectivity index (χ3n) is 5.13. The van der Waals surface area contributed by atoms with E-state index in [4.69, 9.17) is 4.74 Å². The van der Waals surface area contributed by atoms with Crippen LogP contribution in [0.5, 0.6) is 0 Å². The monoisotopic (exact) mass is 382 g/mol. The van der Waals surface area contributed by atoms with Crippen molar-refractivity contribution in [1.82, 2.24) is 0 Å². The lowest BCUT2D eigenvalue weighted by Crippen LogP contribution is -2.40. The number of hydrogen-bond acceptors (Lipinski definition) is 4. The normalized spacial score (nSPS) is 18.7. The van der Waals surface area contributed by atoms with Crippen LogP contribution in [0.2, 0.25) is 0 Å². The van der Waals surface area contributed by atoms with Gasteiger partial charge in [-0.15, -0.1) is 0 Å². The molecule has 2 aliphatic rings. The van der Waals surface area contributed by atoms with E-state index in [1.54, 1.807) is 4.90 Å². The number of amides is 2. The maximum atomic E-state index is 13.4. The van der Waals surface area contributed by atoms with Crippen LogP contribution in [-0.2, 0) is 25.5 Å². The summed E-state index contributed by atoms with van der Waals surface area (Å²) < 4.78 is 18.9. The fourth-order valence-electron chi connectivity index (χ4n) is 3.74. The molecule has 0 spiro atoms. The number of carbonyl (C=O) groups is 3. The summed E-state index contributed by atoms with van der Waals surface area (Å²) in [7, 11) is 0. The fraction of sp³-hybridized carbons (Fsp3) is 0.286. The van der Waals surface area contributed by atoms with Crippen molar-refractivity contribution in [2.24, 2.45) is 0 Å². The van der Waals surface area contributed by atoms with Crippen molar-refractivity contribution in [3.05, 3.63) is 59.4 Å². The summed E-state index contributed by atoms with van der Waals surface area (Å²) in [5.41, 5.74) is 2.64. The Balaban J connectivity index is 1.50. The zero-order valence-electron chi connectivity index (χ0n) is 15.3. The van der Waals surface area contributed by atoms with Crippen LogP contribution >= 0.6 is 0 Å². The van der Waals surface area contributed by atoms with E-state index in [1.165, 1.54) is 25.1 Å². The molecule has 0 radical (unpaired) electrons. The van der Waals surface area contributed by atoms with Gasteiger partial charge in [0.2, 0.25) is 5.91 Å². The van der Waals surface area contributed by atoms with Gasteiger partial charge in [-0.2, -0.15) is 0 Å². The number of benzene rings is 2. The average Bonchev–Trinajstić information content (AvgIpc) is 3.10. The van der Waals surface area contributed by atoms with Crippen molar-refractivity contribution in [2.75, 3.05) is 16.8 Å². The molecule has 2 atom stereocenters. The summed E-state index contributed by atoms with van der Waals surface area (Å²) in [4.78, 5) is 39.0. The lowest BCUT2D eigenvalue weighted by Gasteiger charge is -2.26. The maximum Gasteiger partial charge on any atom is 0.314 e. The molecule has 4 rings (SSSR count). The highest BCUT2D eigenvalue weighted by Crippen LogP contribution is 2.34. The first-order chi connectivity index (χ1) is 13.4. The predicted octanol–water partition coefficient (Wildman–Crippen LogP) is 2.77. The lowest BCUT2D eigenvalue weighted by molar-refractivity contribution is -0.156. The number of ether oxygens (including phenoxy) is 1. The Hall–Kier alpha value is -3.22. The van der Waals surface area contributed by atoms with Gasteiger partial charge in [-0.3, -0.25) is 14.4 Å². The molecule has 2 aromatic rings. The third kappa shape index (κ3) is 3.24. The second-order valence-corrected chi connectivity index (χ2v) is 6.98. The lowest BCUT2D eigenvalue weighted by atomic mass is 9.90. The molecule has 144 valence electrons. The topological polar surface area (TPSA) is 75.7 Å². The van der Waals surface area contributed by atoms with Crippen LogP contribution in [0.1, 0.15) is 30.4 Å². The Kier molecular flexibility index (Phi) is 4.58. The number of esters is 1. The third-order valence-corrected chi connectivity index (χ3v) is 5.13. The molecule has 1 N–H and O–H groups in total. The predicted molar refractivity (Wildman–Crippen MR) is 100 cm³/mol. The van der Waals surface area contributed by atoms with Crippen LogP contribution in [0.4, 0.5) is 15.8 Å². The van der Waals surface area contributed by atoms with E-state index in [-0.39, 0.29) is 18.0 Å². The first-order valence-corrected chi connectivity index (χ1v) is 9.13.